The number of hydrogen-bond donors (Lipinski definition) is 2. The van der Waals surface area contributed by atoms with E-state index in [0.29, 0.717) is 0 Å². The summed E-state index contributed by atoms with van der Waals surface area (Å²) in [7, 11) is 1.36. The molecular weight excluding hydrogens is 202 g/mol. The zero-order chi connectivity index (χ0) is 11.8. The summed E-state index contributed by atoms with van der Waals surface area (Å²) < 4.78 is 9.40. The molecule has 0 aromatic heterocycles. The number of carbonyl (C=O) groups excluding carboxylic acids is 1. The van der Waals surface area contributed by atoms with E-state index in [0.717, 1.165) is 0 Å². The van der Waals surface area contributed by atoms with Crippen molar-refractivity contribution >= 4 is 12.1 Å². The van der Waals surface area contributed by atoms with Crippen molar-refractivity contribution in [1.82, 2.24) is 5.32 Å². The van der Waals surface area contributed by atoms with Gasteiger partial charge < -0.3 is 19.9 Å². The zero-order valence-corrected chi connectivity index (χ0v) is 9.15. The quantitative estimate of drug-likeness (QED) is 0.678. The Balaban J connectivity index is 3.94. The highest BCUT2D eigenvalue weighted by atomic mass is 16.5. The summed E-state index contributed by atoms with van der Waals surface area (Å²) in [5.74, 6) is -0.945. The van der Waals surface area contributed by atoms with Crippen LogP contribution in [0.4, 0.5) is 4.79 Å². The minimum atomic E-state index is -1.15. The van der Waals surface area contributed by atoms with E-state index in [9.17, 15) is 9.59 Å². The molecule has 6 heteroatoms. The zero-order valence-electron chi connectivity index (χ0n) is 9.15. The minimum Gasteiger partial charge on any atom is -0.480 e. The molecule has 0 fully saturated rings. The Morgan fingerprint density at radius 2 is 1.93 bits per heavy atom. The summed E-state index contributed by atoms with van der Waals surface area (Å²) in [5, 5.41) is 10.9. The van der Waals surface area contributed by atoms with Gasteiger partial charge in [0, 0.05) is 7.11 Å². The van der Waals surface area contributed by atoms with E-state index in [1.165, 1.54) is 7.11 Å². The number of rotatable bonds is 6. The van der Waals surface area contributed by atoms with Crippen molar-refractivity contribution in [1.29, 1.82) is 0 Å². The van der Waals surface area contributed by atoms with Gasteiger partial charge in [0.1, 0.15) is 0 Å². The van der Waals surface area contributed by atoms with Crippen LogP contribution in [0.3, 0.4) is 0 Å². The summed E-state index contributed by atoms with van der Waals surface area (Å²) in [5.41, 5.74) is 0. The molecule has 15 heavy (non-hydrogen) atoms. The first-order chi connectivity index (χ1) is 6.97. The van der Waals surface area contributed by atoms with Crippen molar-refractivity contribution in [3.05, 3.63) is 0 Å². The molecule has 1 atom stereocenters. The van der Waals surface area contributed by atoms with Gasteiger partial charge in [0.15, 0.2) is 6.04 Å². The monoisotopic (exact) mass is 219 g/mol. The lowest BCUT2D eigenvalue weighted by Crippen LogP contribution is -2.44. The fourth-order valence-electron chi connectivity index (χ4n) is 0.768. The van der Waals surface area contributed by atoms with Crippen molar-refractivity contribution in [3.63, 3.8) is 0 Å². The van der Waals surface area contributed by atoms with Gasteiger partial charge in [0.25, 0.3) is 0 Å². The van der Waals surface area contributed by atoms with Crippen LogP contribution >= 0.6 is 0 Å². The number of nitrogens with one attached hydrogen (secondary N) is 1. The number of hydrogen-bond acceptors (Lipinski definition) is 4. The molecule has 0 aromatic carbocycles. The molecule has 1 amide bonds. The molecule has 0 radical (unpaired) electrons. The maximum atomic E-state index is 11.1. The van der Waals surface area contributed by atoms with Crippen LogP contribution in [0.25, 0.3) is 0 Å². The number of aliphatic carboxylic acids is 1. The molecule has 0 saturated carbocycles. The fourth-order valence-corrected chi connectivity index (χ4v) is 0.768. The van der Waals surface area contributed by atoms with Gasteiger partial charge in [0.05, 0.1) is 13.2 Å². The SMILES string of the molecule is COCC(NC(=O)OCC(C)C)C(=O)O. The lowest BCUT2D eigenvalue weighted by molar-refractivity contribution is -0.140. The van der Waals surface area contributed by atoms with E-state index < -0.39 is 18.1 Å². The summed E-state index contributed by atoms with van der Waals surface area (Å²) >= 11 is 0. The first kappa shape index (κ1) is 13.7. The van der Waals surface area contributed by atoms with E-state index in [2.05, 4.69) is 10.1 Å². The summed E-state index contributed by atoms with van der Waals surface area (Å²) in [4.78, 5) is 21.7. The number of amides is 1. The van der Waals surface area contributed by atoms with Crippen molar-refractivity contribution < 1.29 is 24.2 Å². The average Bonchev–Trinajstić information content (AvgIpc) is 2.14. The number of carboxylic acid groups (broad SMARTS) is 1. The molecule has 0 spiro atoms. The molecular formula is C9H17NO5. The molecule has 0 aliphatic carbocycles. The average molecular weight is 219 g/mol. The van der Waals surface area contributed by atoms with Crippen molar-refractivity contribution in [3.8, 4) is 0 Å². The Labute approximate surface area is 88.6 Å². The molecule has 1 unspecified atom stereocenters. The van der Waals surface area contributed by atoms with Gasteiger partial charge >= 0.3 is 12.1 Å². The number of ether oxygens (including phenoxy) is 2. The number of methoxy groups -OCH3 is 1. The van der Waals surface area contributed by atoms with Crippen LogP contribution in [0.5, 0.6) is 0 Å². The standard InChI is InChI=1S/C9H17NO5/c1-6(2)4-15-9(13)10-7(5-14-3)8(11)12/h6-7H,4-5H2,1-3H3,(H,10,13)(H,11,12). The molecule has 0 aliphatic rings. The Kier molecular flexibility index (Phi) is 6.44. The summed E-state index contributed by atoms with van der Waals surface area (Å²) in [6.45, 7) is 3.94. The van der Waals surface area contributed by atoms with Crippen LogP contribution in [0.2, 0.25) is 0 Å². The lowest BCUT2D eigenvalue weighted by Gasteiger charge is -2.14. The van der Waals surface area contributed by atoms with E-state index >= 15 is 0 Å². The van der Waals surface area contributed by atoms with Gasteiger partial charge in [-0.05, 0) is 5.92 Å². The van der Waals surface area contributed by atoms with E-state index in [4.69, 9.17) is 9.84 Å². The predicted octanol–water partition coefficient (Wildman–Crippen LogP) is 0.468. The molecule has 0 aromatic rings. The van der Waals surface area contributed by atoms with Crippen LogP contribution in [-0.4, -0.2) is 43.5 Å². The van der Waals surface area contributed by atoms with Crippen LogP contribution < -0.4 is 5.32 Å². The highest BCUT2D eigenvalue weighted by Crippen LogP contribution is 1.94. The number of carbonyl (C=O) groups is 2. The Hall–Kier alpha value is -1.30. The summed E-state index contributed by atoms with van der Waals surface area (Å²) in [6.07, 6.45) is -0.742. The molecule has 0 rings (SSSR count). The molecule has 0 heterocycles. The topological polar surface area (TPSA) is 84.9 Å². The Bertz CT molecular complexity index is 217. The van der Waals surface area contributed by atoms with Crippen LogP contribution in [0.15, 0.2) is 0 Å². The van der Waals surface area contributed by atoms with E-state index in [1.54, 1.807) is 0 Å². The molecule has 88 valence electrons. The smallest absolute Gasteiger partial charge is 0.407 e. The first-order valence-electron chi connectivity index (χ1n) is 4.62. The maximum absolute atomic E-state index is 11.1. The van der Waals surface area contributed by atoms with Crippen LogP contribution in [0, 0.1) is 5.92 Å². The largest absolute Gasteiger partial charge is 0.480 e. The van der Waals surface area contributed by atoms with E-state index in [1.807, 2.05) is 13.8 Å². The molecule has 6 nitrogen and oxygen atoms in total. The normalized spacial score (nSPS) is 12.3. The third-order valence-corrected chi connectivity index (χ3v) is 1.47. The molecule has 0 aliphatic heterocycles. The first-order valence-corrected chi connectivity index (χ1v) is 4.62. The number of carboxylic acids is 1. The van der Waals surface area contributed by atoms with Crippen LogP contribution in [0.1, 0.15) is 13.8 Å². The second kappa shape index (κ2) is 7.05. The van der Waals surface area contributed by atoms with Gasteiger partial charge in [-0.15, -0.1) is 0 Å². The Morgan fingerprint density at radius 1 is 1.33 bits per heavy atom. The van der Waals surface area contributed by atoms with Crippen LogP contribution in [-0.2, 0) is 14.3 Å². The van der Waals surface area contributed by atoms with Crippen molar-refractivity contribution in [2.45, 2.75) is 19.9 Å². The highest BCUT2D eigenvalue weighted by Gasteiger charge is 2.20. The minimum absolute atomic E-state index is 0.0912. The van der Waals surface area contributed by atoms with E-state index in [-0.39, 0.29) is 19.1 Å². The van der Waals surface area contributed by atoms with Crippen molar-refractivity contribution in [2.24, 2.45) is 5.92 Å². The molecule has 2 N–H and O–H groups in total. The van der Waals surface area contributed by atoms with Gasteiger partial charge in [-0.2, -0.15) is 0 Å². The van der Waals surface area contributed by atoms with Crippen molar-refractivity contribution in [2.75, 3.05) is 20.3 Å². The number of alkyl carbamates (subject to hydrolysis) is 1. The van der Waals surface area contributed by atoms with Gasteiger partial charge in [-0.25, -0.2) is 9.59 Å². The Morgan fingerprint density at radius 3 is 2.33 bits per heavy atom. The van der Waals surface area contributed by atoms with Gasteiger partial charge in [-0.1, -0.05) is 13.8 Å². The maximum Gasteiger partial charge on any atom is 0.407 e. The third-order valence-electron chi connectivity index (χ3n) is 1.47. The lowest BCUT2D eigenvalue weighted by atomic mass is 10.2. The molecule has 0 bridgehead atoms. The van der Waals surface area contributed by atoms with Gasteiger partial charge in [0.2, 0.25) is 0 Å². The highest BCUT2D eigenvalue weighted by molar-refractivity contribution is 5.79. The second-order valence-corrected chi connectivity index (χ2v) is 3.48. The van der Waals surface area contributed by atoms with Gasteiger partial charge in [-0.3, -0.25) is 0 Å². The molecule has 0 saturated heterocycles. The second-order valence-electron chi connectivity index (χ2n) is 3.48. The predicted molar refractivity (Wildman–Crippen MR) is 52.6 cm³/mol. The fraction of sp³-hybridized carbons (Fsp3) is 0.778. The summed E-state index contributed by atoms with van der Waals surface area (Å²) in [6, 6.07) is -1.07. The third kappa shape index (κ3) is 6.73.